The Labute approximate surface area is 57.0 Å². The molecule has 0 bridgehead atoms. The Morgan fingerprint density at radius 3 is 1.25 bits per heavy atom. The zero-order valence-electron chi connectivity index (χ0n) is 2.35. The molecule has 0 aromatic heterocycles. The molecule has 0 unspecified atom stereocenters. The predicted molar refractivity (Wildman–Crippen MR) is 27.0 cm³/mol. The van der Waals surface area contributed by atoms with E-state index < -0.39 is 0 Å². The van der Waals surface area contributed by atoms with Crippen LogP contribution in [0.1, 0.15) is 0 Å². The molecule has 0 atom stereocenters. The van der Waals surface area contributed by atoms with Crippen LogP contribution in [0.25, 0.3) is 0 Å². The van der Waals surface area contributed by atoms with Crippen LogP contribution >= 0.6 is 0 Å². The third kappa shape index (κ3) is 9.42. The summed E-state index contributed by atoms with van der Waals surface area (Å²) in [5.74, 6) is 0. The summed E-state index contributed by atoms with van der Waals surface area (Å²) in [6.07, 6.45) is 0. The minimum absolute atomic E-state index is 0. The first-order chi connectivity index (χ1) is 1.00. The van der Waals surface area contributed by atoms with Crippen molar-refractivity contribution in [3.8, 4) is 0 Å². The molecule has 24 valence electrons. The van der Waals surface area contributed by atoms with Crippen LogP contribution in [0.5, 0.6) is 0 Å². The van der Waals surface area contributed by atoms with Gasteiger partial charge in [0, 0.05) is 23.7 Å². The van der Waals surface area contributed by atoms with E-state index in [9.17, 15) is 0 Å². The van der Waals surface area contributed by atoms with Gasteiger partial charge in [-0.1, -0.05) is 0 Å². The molecule has 0 fully saturated rings. The van der Waals surface area contributed by atoms with Crippen molar-refractivity contribution in [2.45, 2.75) is 0 Å². The quantitative estimate of drug-likeness (QED) is 0.304. The minimum atomic E-state index is 0. The van der Waals surface area contributed by atoms with Gasteiger partial charge in [0.2, 0.25) is 0 Å². The van der Waals surface area contributed by atoms with Crippen molar-refractivity contribution < 1.29 is 17.1 Å². The van der Waals surface area contributed by atoms with Gasteiger partial charge in [0.05, 0.1) is 0 Å². The predicted octanol–water partition coefficient (Wildman–Crippen LogP) is -3.02. The SMILES string of the molecule is [AlH3].[BH2][AlH2].[Fe]. The molecule has 4 heavy (non-hydrogen) atoms. The van der Waals surface area contributed by atoms with E-state index in [4.69, 9.17) is 0 Å². The van der Waals surface area contributed by atoms with E-state index >= 15 is 0 Å². The molecular formula is H7Al2BFe. The maximum atomic E-state index is 2.14. The maximum Gasteiger partial charge on any atom is 0.187 e. The van der Waals surface area contributed by atoms with E-state index in [1.165, 1.54) is 16.1 Å². The molecule has 0 heterocycles. The van der Waals surface area contributed by atoms with Crippen molar-refractivity contribution in [2.24, 2.45) is 0 Å². The molecule has 0 saturated heterocycles. The van der Waals surface area contributed by atoms with Crippen LogP contribution in [0.2, 0.25) is 0 Å². The maximum absolute atomic E-state index is 2.14. The standard InChI is InChI=1S/2Al.BH2.Fe.5H/h;;1H2;;;;;;/q;-1;+1;;;;;;. The van der Waals surface area contributed by atoms with Gasteiger partial charge in [-0.15, -0.1) is 0 Å². The topological polar surface area (TPSA) is 0 Å². The minimum Gasteiger partial charge on any atom is 0 e. The Hall–Kier alpha value is 1.65. The summed E-state index contributed by atoms with van der Waals surface area (Å²) in [6, 6.07) is 0. The summed E-state index contributed by atoms with van der Waals surface area (Å²) in [6.45, 7) is 2.14. The van der Waals surface area contributed by atoms with Crippen LogP contribution < -0.4 is 0 Å². The van der Waals surface area contributed by atoms with Gasteiger partial charge in [0.25, 0.3) is 0 Å². The normalized spacial score (nSPS) is 1.00. The molecule has 0 aliphatic rings. The molecule has 4 heteroatoms. The van der Waals surface area contributed by atoms with Crippen molar-refractivity contribution in [2.75, 3.05) is 0 Å². The van der Waals surface area contributed by atoms with Gasteiger partial charge >= 0.3 is 0 Å². The average molecular weight is 128 g/mol. The molecule has 0 saturated carbocycles. The summed E-state index contributed by atoms with van der Waals surface area (Å²) in [5, 5.41) is 0. The third-order valence-electron chi connectivity index (χ3n) is 0. The molecule has 0 amide bonds. The van der Waals surface area contributed by atoms with Crippen LogP contribution in [0.15, 0.2) is 0 Å². The van der Waals surface area contributed by atoms with Gasteiger partial charge in [-0.3, -0.25) is 0 Å². The zero-order valence-corrected chi connectivity index (χ0v) is 5.46. The molecule has 0 rings (SSSR count). The third-order valence-corrected chi connectivity index (χ3v) is 0. The van der Waals surface area contributed by atoms with Crippen LogP contribution in [0.4, 0.5) is 0 Å². The molecule has 0 aromatic rings. The van der Waals surface area contributed by atoms with Crippen molar-refractivity contribution in [3.63, 3.8) is 0 Å². The van der Waals surface area contributed by atoms with E-state index in [1.807, 2.05) is 0 Å². The molecule has 0 N–H and O–H groups in total. The van der Waals surface area contributed by atoms with E-state index in [-0.39, 0.29) is 34.4 Å². The molecular weight excluding hydrogens is 121 g/mol. The van der Waals surface area contributed by atoms with Crippen LogP contribution in [-0.2, 0) is 17.1 Å². The second-order valence-corrected chi connectivity index (χ2v) is 0. The Morgan fingerprint density at radius 2 is 1.25 bits per heavy atom. The molecule has 0 nitrogen and oxygen atoms in total. The van der Waals surface area contributed by atoms with Gasteiger partial charge < -0.3 is 0 Å². The van der Waals surface area contributed by atoms with Gasteiger partial charge in [0.15, 0.2) is 33.5 Å². The largest absolute Gasteiger partial charge is 0.187 e. The van der Waals surface area contributed by atoms with Gasteiger partial charge in [-0.2, -0.15) is 0 Å². The van der Waals surface area contributed by atoms with Crippen molar-refractivity contribution in [3.05, 3.63) is 0 Å². The summed E-state index contributed by atoms with van der Waals surface area (Å²) in [7, 11) is 0. The molecule has 0 aromatic carbocycles. The van der Waals surface area contributed by atoms with Gasteiger partial charge in [0.1, 0.15) is 0 Å². The summed E-state index contributed by atoms with van der Waals surface area (Å²) < 4.78 is 0. The smallest absolute Gasteiger partial charge is 0 e. The molecule has 0 aliphatic carbocycles. The van der Waals surface area contributed by atoms with Crippen LogP contribution in [0.3, 0.4) is 0 Å². The van der Waals surface area contributed by atoms with Crippen molar-refractivity contribution in [1.82, 2.24) is 0 Å². The fourth-order valence-corrected chi connectivity index (χ4v) is 0. The number of rotatable bonds is 0. The number of hydrogen-bond donors (Lipinski definition) is 0. The van der Waals surface area contributed by atoms with Crippen LogP contribution in [0, 0.1) is 0 Å². The van der Waals surface area contributed by atoms with E-state index in [0.29, 0.717) is 0 Å². The van der Waals surface area contributed by atoms with Gasteiger partial charge in [-0.05, 0) is 0 Å². The zero-order chi connectivity index (χ0) is 2.00. The fraction of sp³-hybridized carbons (Fsp3) is 0. The van der Waals surface area contributed by atoms with E-state index in [2.05, 4.69) is 6.62 Å². The van der Waals surface area contributed by atoms with E-state index in [1.54, 1.807) is 0 Å². The number of hydrogen-bond acceptors (Lipinski definition) is 0. The molecule has 0 radical (unpaired) electrons. The molecule has 0 spiro atoms. The summed E-state index contributed by atoms with van der Waals surface area (Å²) in [4.78, 5) is 0. The average Bonchev–Trinajstić information content (AvgIpc) is 1.00. The van der Waals surface area contributed by atoms with E-state index in [0.717, 1.165) is 0 Å². The first kappa shape index (κ1) is 17.4. The fourth-order valence-electron chi connectivity index (χ4n) is 0. The first-order valence-electron chi connectivity index (χ1n) is 1.00. The monoisotopic (exact) mass is 128 g/mol. The van der Waals surface area contributed by atoms with Crippen molar-refractivity contribution >= 4 is 40.1 Å². The van der Waals surface area contributed by atoms with Crippen LogP contribution in [-0.4, -0.2) is 40.1 Å². The summed E-state index contributed by atoms with van der Waals surface area (Å²) in [5.41, 5.74) is 0. The first-order valence-corrected chi connectivity index (χ1v) is 3.00. The Bertz CT molecular complexity index is 6.00. The molecule has 0 aliphatic heterocycles. The van der Waals surface area contributed by atoms with Gasteiger partial charge in [-0.25, -0.2) is 0 Å². The summed E-state index contributed by atoms with van der Waals surface area (Å²) >= 11 is 1.31. The Balaban J connectivity index is -0.00000000500. The Morgan fingerprint density at radius 1 is 1.25 bits per heavy atom. The second-order valence-electron chi connectivity index (χ2n) is 0. The second kappa shape index (κ2) is 22.8. The van der Waals surface area contributed by atoms with Crippen molar-refractivity contribution in [1.29, 1.82) is 0 Å². The Kier molecular flexibility index (Phi) is 99.0.